The third kappa shape index (κ3) is 2.26. The highest BCUT2D eigenvalue weighted by Gasteiger charge is 2.33. The van der Waals surface area contributed by atoms with Crippen LogP contribution in [0.4, 0.5) is 5.69 Å². The standard InChI is InChI=1S/C17H13NO4/c1-22-17(21)12-7-8-14-13(9-12)10-15(19)18(14)16(20)11-5-3-2-4-6-11/h2-9H,10H2,1H3. The molecule has 1 heterocycles. The average Bonchev–Trinajstić information content (AvgIpc) is 2.89. The molecule has 0 N–H and O–H groups in total. The number of hydrogen-bond donors (Lipinski definition) is 0. The quantitative estimate of drug-likeness (QED) is 0.629. The van der Waals surface area contributed by atoms with Crippen LogP contribution >= 0.6 is 0 Å². The number of imide groups is 1. The molecule has 0 spiro atoms. The molecule has 0 bridgehead atoms. The summed E-state index contributed by atoms with van der Waals surface area (Å²) < 4.78 is 4.66. The number of amides is 2. The van der Waals surface area contributed by atoms with E-state index in [1.54, 1.807) is 48.5 Å². The van der Waals surface area contributed by atoms with Gasteiger partial charge in [-0.2, -0.15) is 0 Å². The molecule has 1 aliphatic heterocycles. The fraction of sp³-hybridized carbons (Fsp3) is 0.118. The molecule has 0 fully saturated rings. The Morgan fingerprint density at radius 3 is 2.45 bits per heavy atom. The van der Waals surface area contributed by atoms with Gasteiger partial charge in [-0.25, -0.2) is 9.69 Å². The van der Waals surface area contributed by atoms with Gasteiger partial charge in [0.25, 0.3) is 5.91 Å². The summed E-state index contributed by atoms with van der Waals surface area (Å²) in [6, 6.07) is 13.4. The second-order valence-corrected chi connectivity index (χ2v) is 4.91. The van der Waals surface area contributed by atoms with Gasteiger partial charge in [0.1, 0.15) is 0 Å². The highest BCUT2D eigenvalue weighted by atomic mass is 16.5. The lowest BCUT2D eigenvalue weighted by Crippen LogP contribution is -2.33. The second-order valence-electron chi connectivity index (χ2n) is 4.91. The maximum absolute atomic E-state index is 12.5. The molecule has 3 rings (SSSR count). The number of carbonyl (C=O) groups is 3. The highest BCUT2D eigenvalue weighted by Crippen LogP contribution is 2.31. The number of methoxy groups -OCH3 is 1. The van der Waals surface area contributed by atoms with Crippen molar-refractivity contribution in [2.75, 3.05) is 12.0 Å². The molecule has 0 atom stereocenters. The molecule has 0 aromatic heterocycles. The predicted octanol–water partition coefficient (Wildman–Crippen LogP) is 2.20. The van der Waals surface area contributed by atoms with Crippen molar-refractivity contribution in [3.05, 3.63) is 65.2 Å². The van der Waals surface area contributed by atoms with E-state index in [0.717, 1.165) is 4.90 Å². The van der Waals surface area contributed by atoms with Gasteiger partial charge < -0.3 is 4.74 Å². The van der Waals surface area contributed by atoms with Crippen LogP contribution in [0.5, 0.6) is 0 Å². The summed E-state index contributed by atoms with van der Waals surface area (Å²) in [6.07, 6.45) is 0.0960. The molecule has 5 nitrogen and oxygen atoms in total. The average molecular weight is 295 g/mol. The van der Waals surface area contributed by atoms with Crippen molar-refractivity contribution >= 4 is 23.5 Å². The van der Waals surface area contributed by atoms with E-state index < -0.39 is 5.97 Å². The molecule has 0 saturated heterocycles. The largest absolute Gasteiger partial charge is 0.465 e. The van der Waals surface area contributed by atoms with Crippen LogP contribution < -0.4 is 4.90 Å². The minimum Gasteiger partial charge on any atom is -0.465 e. The van der Waals surface area contributed by atoms with Crippen molar-refractivity contribution in [3.8, 4) is 0 Å². The highest BCUT2D eigenvalue weighted by molar-refractivity contribution is 6.24. The summed E-state index contributed by atoms with van der Waals surface area (Å²) in [6.45, 7) is 0. The molecule has 5 heteroatoms. The van der Waals surface area contributed by atoms with Gasteiger partial charge in [-0.05, 0) is 35.9 Å². The van der Waals surface area contributed by atoms with E-state index >= 15 is 0 Å². The third-order valence-electron chi connectivity index (χ3n) is 3.56. The Hall–Kier alpha value is -2.95. The molecule has 0 aliphatic carbocycles. The maximum atomic E-state index is 12.5. The summed E-state index contributed by atoms with van der Waals surface area (Å²) in [5.41, 5.74) is 1.98. The first kappa shape index (κ1) is 14.0. The second kappa shape index (κ2) is 5.44. The minimum absolute atomic E-state index is 0.0960. The molecule has 110 valence electrons. The summed E-state index contributed by atoms with van der Waals surface area (Å²) in [4.78, 5) is 37.4. The maximum Gasteiger partial charge on any atom is 0.337 e. The predicted molar refractivity (Wildman–Crippen MR) is 79.7 cm³/mol. The lowest BCUT2D eigenvalue weighted by atomic mass is 10.1. The molecule has 2 aromatic carbocycles. The third-order valence-corrected chi connectivity index (χ3v) is 3.56. The number of benzene rings is 2. The Kier molecular flexibility index (Phi) is 3.47. The Labute approximate surface area is 127 Å². The first-order chi connectivity index (χ1) is 10.6. The normalized spacial score (nSPS) is 13.0. The van der Waals surface area contributed by atoms with Crippen molar-refractivity contribution in [1.29, 1.82) is 0 Å². The number of anilines is 1. The zero-order valence-corrected chi connectivity index (χ0v) is 11.9. The van der Waals surface area contributed by atoms with Gasteiger partial charge in [0.05, 0.1) is 24.8 Å². The molecular weight excluding hydrogens is 282 g/mol. The van der Waals surface area contributed by atoms with E-state index in [0.29, 0.717) is 22.4 Å². The fourth-order valence-corrected chi connectivity index (χ4v) is 2.50. The first-order valence-electron chi connectivity index (χ1n) is 6.75. The Morgan fingerprint density at radius 1 is 1.05 bits per heavy atom. The number of hydrogen-bond acceptors (Lipinski definition) is 4. The van der Waals surface area contributed by atoms with E-state index in [4.69, 9.17) is 0 Å². The van der Waals surface area contributed by atoms with Gasteiger partial charge in [0, 0.05) is 5.56 Å². The van der Waals surface area contributed by atoms with Gasteiger partial charge in [0.15, 0.2) is 0 Å². The van der Waals surface area contributed by atoms with Crippen molar-refractivity contribution < 1.29 is 19.1 Å². The van der Waals surface area contributed by atoms with Crippen LogP contribution in [0.25, 0.3) is 0 Å². The Balaban J connectivity index is 1.99. The van der Waals surface area contributed by atoms with Gasteiger partial charge >= 0.3 is 5.97 Å². The van der Waals surface area contributed by atoms with E-state index in [2.05, 4.69) is 4.74 Å². The monoisotopic (exact) mass is 295 g/mol. The van der Waals surface area contributed by atoms with Crippen molar-refractivity contribution in [3.63, 3.8) is 0 Å². The van der Waals surface area contributed by atoms with Gasteiger partial charge in [-0.15, -0.1) is 0 Å². The number of rotatable bonds is 2. The Bertz CT molecular complexity index is 767. The SMILES string of the molecule is COC(=O)c1ccc2c(c1)CC(=O)N2C(=O)c1ccccc1. The van der Waals surface area contributed by atoms with Crippen LogP contribution in [-0.4, -0.2) is 24.9 Å². The van der Waals surface area contributed by atoms with Crippen LogP contribution in [0.2, 0.25) is 0 Å². The van der Waals surface area contributed by atoms with Gasteiger partial charge in [0.2, 0.25) is 5.91 Å². The van der Waals surface area contributed by atoms with Crippen molar-refractivity contribution in [2.24, 2.45) is 0 Å². The molecule has 0 unspecified atom stereocenters. The lowest BCUT2D eigenvalue weighted by molar-refractivity contribution is -0.116. The topological polar surface area (TPSA) is 63.7 Å². The fourth-order valence-electron chi connectivity index (χ4n) is 2.50. The van der Waals surface area contributed by atoms with Crippen LogP contribution in [0.15, 0.2) is 48.5 Å². The molecule has 0 saturated carbocycles. The number of carbonyl (C=O) groups excluding carboxylic acids is 3. The van der Waals surface area contributed by atoms with Crippen LogP contribution in [0, 0.1) is 0 Å². The van der Waals surface area contributed by atoms with Gasteiger partial charge in [-0.1, -0.05) is 18.2 Å². The smallest absolute Gasteiger partial charge is 0.337 e. The zero-order chi connectivity index (χ0) is 15.7. The zero-order valence-electron chi connectivity index (χ0n) is 11.9. The van der Waals surface area contributed by atoms with Crippen LogP contribution in [-0.2, 0) is 16.0 Å². The van der Waals surface area contributed by atoms with Crippen LogP contribution in [0.1, 0.15) is 26.3 Å². The van der Waals surface area contributed by atoms with E-state index in [-0.39, 0.29) is 18.2 Å². The molecule has 1 aliphatic rings. The van der Waals surface area contributed by atoms with Crippen molar-refractivity contribution in [2.45, 2.75) is 6.42 Å². The molecule has 2 amide bonds. The van der Waals surface area contributed by atoms with E-state index in [1.165, 1.54) is 7.11 Å². The first-order valence-corrected chi connectivity index (χ1v) is 6.75. The van der Waals surface area contributed by atoms with E-state index in [1.807, 2.05) is 0 Å². The Morgan fingerprint density at radius 2 is 1.77 bits per heavy atom. The van der Waals surface area contributed by atoms with Crippen LogP contribution in [0.3, 0.4) is 0 Å². The molecule has 0 radical (unpaired) electrons. The molecule has 2 aromatic rings. The molecular formula is C17H13NO4. The number of fused-ring (bicyclic) bond motifs is 1. The number of esters is 1. The van der Waals surface area contributed by atoms with Crippen molar-refractivity contribution in [1.82, 2.24) is 0 Å². The lowest BCUT2D eigenvalue weighted by Gasteiger charge is -2.15. The summed E-state index contributed by atoms with van der Waals surface area (Å²) >= 11 is 0. The van der Waals surface area contributed by atoms with E-state index in [9.17, 15) is 14.4 Å². The summed E-state index contributed by atoms with van der Waals surface area (Å²) in [5, 5.41) is 0. The summed E-state index contributed by atoms with van der Waals surface area (Å²) in [7, 11) is 1.30. The number of ether oxygens (including phenoxy) is 1. The number of nitrogens with zero attached hydrogens (tertiary/aromatic N) is 1. The molecule has 22 heavy (non-hydrogen) atoms. The summed E-state index contributed by atoms with van der Waals surface area (Å²) in [5.74, 6) is -1.14. The van der Waals surface area contributed by atoms with Gasteiger partial charge in [-0.3, -0.25) is 9.59 Å². The minimum atomic E-state index is -0.469.